The first kappa shape index (κ1) is 23.7. The van der Waals surface area contributed by atoms with Crippen molar-refractivity contribution in [2.45, 2.75) is 13.5 Å². The molecule has 0 aliphatic carbocycles. The van der Waals surface area contributed by atoms with Gasteiger partial charge in [-0.25, -0.2) is 0 Å². The van der Waals surface area contributed by atoms with Crippen molar-refractivity contribution < 1.29 is 28.7 Å². The molecule has 0 saturated heterocycles. The summed E-state index contributed by atoms with van der Waals surface area (Å²) < 4.78 is 18.1. The van der Waals surface area contributed by atoms with Gasteiger partial charge in [-0.15, -0.1) is 0 Å². The topological polar surface area (TPSA) is 122 Å². The Hall–Kier alpha value is -3.99. The van der Waals surface area contributed by atoms with Crippen molar-refractivity contribution in [2.24, 2.45) is 4.99 Å². The molecular weight excluding hydrogens is 450 g/mol. The van der Waals surface area contributed by atoms with Crippen molar-refractivity contribution in [3.05, 3.63) is 63.0 Å². The molecule has 0 fully saturated rings. The first-order valence-electron chi connectivity index (χ1n) is 9.78. The Morgan fingerprint density at radius 3 is 2.42 bits per heavy atom. The molecule has 1 aromatic heterocycles. The van der Waals surface area contributed by atoms with Crippen LogP contribution in [0.3, 0.4) is 0 Å². The van der Waals surface area contributed by atoms with E-state index in [1.165, 1.54) is 62.0 Å². The van der Waals surface area contributed by atoms with Crippen LogP contribution in [0, 0.1) is 10.1 Å². The van der Waals surface area contributed by atoms with Crippen LogP contribution in [0.25, 0.3) is 16.3 Å². The van der Waals surface area contributed by atoms with Crippen LogP contribution >= 0.6 is 11.3 Å². The molecule has 10 nitrogen and oxygen atoms in total. The largest absolute Gasteiger partial charge is 0.493 e. The number of hydrogen-bond donors (Lipinski definition) is 0. The Morgan fingerprint density at radius 2 is 1.82 bits per heavy atom. The Bertz CT molecular complexity index is 1290. The number of carbonyl (C=O) groups excluding carboxylic acids is 2. The van der Waals surface area contributed by atoms with Gasteiger partial charge in [0, 0.05) is 30.3 Å². The van der Waals surface area contributed by atoms with Crippen LogP contribution in [0.2, 0.25) is 0 Å². The summed E-state index contributed by atoms with van der Waals surface area (Å²) in [5, 5.41) is 10.8. The molecule has 0 aliphatic heterocycles. The minimum absolute atomic E-state index is 0.0423. The number of aromatic nitrogens is 1. The summed E-state index contributed by atoms with van der Waals surface area (Å²) in [4.78, 5) is 39.4. The molecule has 0 aliphatic rings. The van der Waals surface area contributed by atoms with Crippen molar-refractivity contribution in [1.29, 1.82) is 0 Å². The van der Waals surface area contributed by atoms with Gasteiger partial charge in [0.25, 0.3) is 11.6 Å². The number of benzene rings is 2. The molecule has 0 bridgehead atoms. The van der Waals surface area contributed by atoms with Crippen LogP contribution in [0.15, 0.2) is 47.5 Å². The van der Waals surface area contributed by atoms with Crippen molar-refractivity contribution in [3.8, 4) is 11.5 Å². The van der Waals surface area contributed by atoms with Crippen molar-refractivity contribution in [3.63, 3.8) is 0 Å². The third kappa shape index (κ3) is 5.63. The van der Waals surface area contributed by atoms with E-state index in [0.717, 1.165) is 4.70 Å². The molecule has 172 valence electrons. The fraction of sp³-hybridized carbons (Fsp3) is 0.227. The molecule has 0 atom stereocenters. The maximum absolute atomic E-state index is 12.5. The van der Waals surface area contributed by atoms with Crippen LogP contribution in [0.1, 0.15) is 12.5 Å². The second-order valence-electron chi connectivity index (χ2n) is 6.58. The number of methoxy groups -OCH3 is 2. The number of amides is 1. The van der Waals surface area contributed by atoms with E-state index in [-0.39, 0.29) is 18.8 Å². The Balaban J connectivity index is 2.00. The molecule has 0 unspecified atom stereocenters. The highest BCUT2D eigenvalue weighted by atomic mass is 32.1. The summed E-state index contributed by atoms with van der Waals surface area (Å²) in [5.74, 6) is -0.0550. The van der Waals surface area contributed by atoms with Crippen molar-refractivity contribution in [2.75, 3.05) is 20.8 Å². The molecule has 1 amide bonds. The van der Waals surface area contributed by atoms with Gasteiger partial charge in [-0.2, -0.15) is 4.99 Å². The highest BCUT2D eigenvalue weighted by Gasteiger charge is 2.15. The molecular formula is C22H21N3O7S. The van der Waals surface area contributed by atoms with E-state index in [1.54, 1.807) is 23.6 Å². The Morgan fingerprint density at radius 1 is 1.15 bits per heavy atom. The molecule has 1 heterocycles. The van der Waals surface area contributed by atoms with E-state index >= 15 is 0 Å². The molecule has 0 saturated carbocycles. The Kier molecular flexibility index (Phi) is 7.57. The number of fused-ring (bicyclic) bond motifs is 1. The fourth-order valence-electron chi connectivity index (χ4n) is 2.98. The van der Waals surface area contributed by atoms with E-state index in [0.29, 0.717) is 27.4 Å². The lowest BCUT2D eigenvalue weighted by molar-refractivity contribution is -0.384. The van der Waals surface area contributed by atoms with E-state index in [4.69, 9.17) is 14.2 Å². The number of esters is 1. The van der Waals surface area contributed by atoms with Gasteiger partial charge in [0.15, 0.2) is 16.3 Å². The van der Waals surface area contributed by atoms with E-state index in [1.807, 2.05) is 0 Å². The highest BCUT2D eigenvalue weighted by molar-refractivity contribution is 7.16. The average molecular weight is 471 g/mol. The molecule has 2 aromatic carbocycles. The van der Waals surface area contributed by atoms with Gasteiger partial charge in [-0.05, 0) is 30.7 Å². The third-order valence-corrected chi connectivity index (χ3v) is 5.55. The van der Waals surface area contributed by atoms with Crippen LogP contribution in [0.4, 0.5) is 5.69 Å². The van der Waals surface area contributed by atoms with Crippen LogP contribution in [0.5, 0.6) is 11.5 Å². The summed E-state index contributed by atoms with van der Waals surface area (Å²) >= 11 is 1.21. The Labute approximate surface area is 192 Å². The number of nitro groups is 1. The molecule has 0 N–H and O–H groups in total. The van der Waals surface area contributed by atoms with Crippen molar-refractivity contribution in [1.82, 2.24) is 4.57 Å². The van der Waals surface area contributed by atoms with E-state index < -0.39 is 16.8 Å². The van der Waals surface area contributed by atoms with Crippen molar-refractivity contribution >= 4 is 45.2 Å². The summed E-state index contributed by atoms with van der Waals surface area (Å²) in [6.45, 7) is 1.80. The van der Waals surface area contributed by atoms with Gasteiger partial charge in [-0.1, -0.05) is 11.3 Å². The number of carbonyl (C=O) groups is 2. The highest BCUT2D eigenvalue weighted by Crippen LogP contribution is 2.33. The number of rotatable bonds is 8. The number of ether oxygens (including phenoxy) is 3. The van der Waals surface area contributed by atoms with E-state index in [9.17, 15) is 19.7 Å². The maximum atomic E-state index is 12.5. The first-order valence-corrected chi connectivity index (χ1v) is 10.6. The summed E-state index contributed by atoms with van der Waals surface area (Å²) in [7, 11) is 3.02. The minimum Gasteiger partial charge on any atom is -0.493 e. The predicted molar refractivity (Wildman–Crippen MR) is 122 cm³/mol. The monoisotopic (exact) mass is 471 g/mol. The second kappa shape index (κ2) is 10.6. The number of nitrogens with zero attached hydrogens (tertiary/aromatic N) is 3. The summed E-state index contributed by atoms with van der Waals surface area (Å²) in [6, 6.07) is 9.21. The van der Waals surface area contributed by atoms with Gasteiger partial charge >= 0.3 is 5.97 Å². The molecule has 11 heteroatoms. The number of hydrogen-bond acceptors (Lipinski definition) is 8. The molecule has 3 rings (SSSR count). The normalized spacial score (nSPS) is 11.7. The molecule has 0 spiro atoms. The zero-order chi connectivity index (χ0) is 24.0. The lowest BCUT2D eigenvalue weighted by Crippen LogP contribution is -2.22. The van der Waals surface area contributed by atoms with Gasteiger partial charge in [-0.3, -0.25) is 19.7 Å². The number of non-ortho nitro benzene ring substituents is 1. The lowest BCUT2D eigenvalue weighted by atomic mass is 10.2. The molecule has 3 aromatic rings. The van der Waals surface area contributed by atoms with Crippen LogP contribution in [-0.2, 0) is 20.9 Å². The summed E-state index contributed by atoms with van der Waals surface area (Å²) in [5.41, 5.74) is 1.20. The second-order valence-corrected chi connectivity index (χ2v) is 7.59. The molecule has 33 heavy (non-hydrogen) atoms. The van der Waals surface area contributed by atoms with E-state index in [2.05, 4.69) is 4.99 Å². The standard InChI is InChI=1S/C22H21N3O7S/c1-4-32-21(27)13-24-16-11-17(30-2)18(31-3)12-19(16)33-22(24)23-20(26)10-7-14-5-8-15(9-6-14)25(28)29/h5-12H,4,13H2,1-3H3/b10-7-,23-22?. The summed E-state index contributed by atoms with van der Waals surface area (Å²) in [6.07, 6.45) is 2.76. The molecule has 0 radical (unpaired) electrons. The first-order chi connectivity index (χ1) is 15.9. The van der Waals surface area contributed by atoms with Gasteiger partial charge in [0.1, 0.15) is 6.54 Å². The number of nitro benzene ring substituents is 1. The van der Waals surface area contributed by atoms with Gasteiger partial charge < -0.3 is 18.8 Å². The van der Waals surface area contributed by atoms with Crippen LogP contribution < -0.4 is 14.3 Å². The number of thiazole rings is 1. The zero-order valence-electron chi connectivity index (χ0n) is 18.1. The van der Waals surface area contributed by atoms with Gasteiger partial charge in [0.2, 0.25) is 0 Å². The van der Waals surface area contributed by atoms with Crippen LogP contribution in [-0.4, -0.2) is 42.2 Å². The smallest absolute Gasteiger partial charge is 0.326 e. The minimum atomic E-state index is -0.559. The lowest BCUT2D eigenvalue weighted by Gasteiger charge is -2.09. The zero-order valence-corrected chi connectivity index (χ0v) is 19.0. The van der Waals surface area contributed by atoms with Gasteiger partial charge in [0.05, 0.1) is 36.0 Å². The third-order valence-electron chi connectivity index (χ3n) is 4.51. The average Bonchev–Trinajstić information content (AvgIpc) is 3.12. The predicted octanol–water partition coefficient (Wildman–Crippen LogP) is 3.33. The SMILES string of the molecule is CCOC(=O)Cn1c(=NC(=O)/C=C\c2ccc([N+](=O)[O-])cc2)sc2cc(OC)c(OC)cc21. The quantitative estimate of drug-likeness (QED) is 0.214. The fourth-order valence-corrected chi connectivity index (χ4v) is 4.02. The maximum Gasteiger partial charge on any atom is 0.326 e.